The summed E-state index contributed by atoms with van der Waals surface area (Å²) in [6.45, 7) is 7.51. The third kappa shape index (κ3) is 12.9. The maximum Gasteiger partial charge on any atom is 0.391 e. The first-order valence-electron chi connectivity index (χ1n) is 6.75. The largest absolute Gasteiger partial charge is 0.391 e. The lowest BCUT2D eigenvalue weighted by Gasteiger charge is -2.08. The Morgan fingerprint density at radius 3 is 2.10 bits per heavy atom. The van der Waals surface area contributed by atoms with Gasteiger partial charge in [-0.15, -0.1) is 10.6 Å². The maximum absolute atomic E-state index is 5.96. The molecule has 0 rings (SSSR count). The molecule has 0 saturated heterocycles. The van der Waals surface area contributed by atoms with Gasteiger partial charge in [0.15, 0.2) is 0 Å². The molecule has 8 heteroatoms. The molecular formula is C12H29N3O4P+. The molecule has 0 aliphatic carbocycles. The van der Waals surface area contributed by atoms with E-state index in [0.717, 1.165) is 0 Å². The van der Waals surface area contributed by atoms with E-state index in [1.807, 2.05) is 13.8 Å². The third-order valence-corrected chi connectivity index (χ3v) is 3.61. The van der Waals surface area contributed by atoms with Gasteiger partial charge in [0.1, 0.15) is 6.04 Å². The van der Waals surface area contributed by atoms with E-state index in [9.17, 15) is 0 Å². The predicted octanol–water partition coefficient (Wildman–Crippen LogP) is 1.13. The first kappa shape index (κ1) is 19.9. The summed E-state index contributed by atoms with van der Waals surface area (Å²) in [4.78, 5) is 0. The summed E-state index contributed by atoms with van der Waals surface area (Å²) in [5.41, 5.74) is 5.96. The zero-order chi connectivity index (χ0) is 15.2. The number of hydrogen-bond donors (Lipinski definition) is 2. The van der Waals surface area contributed by atoms with Crippen LogP contribution in [0.3, 0.4) is 0 Å². The molecule has 0 heterocycles. The zero-order valence-corrected chi connectivity index (χ0v) is 13.9. The van der Waals surface area contributed by atoms with Crippen molar-refractivity contribution in [2.75, 3.05) is 53.9 Å². The van der Waals surface area contributed by atoms with Gasteiger partial charge < -0.3 is 18.9 Å². The minimum absolute atomic E-state index is 0.0667. The summed E-state index contributed by atoms with van der Waals surface area (Å²) in [6.07, 6.45) is 0. The van der Waals surface area contributed by atoms with Crippen molar-refractivity contribution in [1.82, 2.24) is 5.09 Å². The molecule has 0 fully saturated rings. The Kier molecular flexibility index (Phi) is 13.7. The van der Waals surface area contributed by atoms with Crippen molar-refractivity contribution in [2.24, 2.45) is 10.2 Å². The van der Waals surface area contributed by atoms with E-state index >= 15 is 0 Å². The monoisotopic (exact) mass is 310 g/mol. The molecule has 0 aromatic heterocycles. The molecule has 3 N–H and O–H groups in total. The molecular weight excluding hydrogens is 281 g/mol. The number of methoxy groups -OCH3 is 2. The molecule has 0 amide bonds. The smallest absolute Gasteiger partial charge is 0.382 e. The van der Waals surface area contributed by atoms with Crippen LogP contribution in [0.4, 0.5) is 0 Å². The second-order valence-corrected chi connectivity index (χ2v) is 5.65. The average molecular weight is 310 g/mol. The van der Waals surface area contributed by atoms with Crippen molar-refractivity contribution in [2.45, 2.75) is 25.9 Å². The van der Waals surface area contributed by atoms with E-state index in [1.165, 1.54) is 0 Å². The van der Waals surface area contributed by atoms with Crippen LogP contribution in [0.1, 0.15) is 13.8 Å². The van der Waals surface area contributed by atoms with Crippen molar-refractivity contribution in [3.05, 3.63) is 0 Å². The second-order valence-electron chi connectivity index (χ2n) is 4.47. The van der Waals surface area contributed by atoms with E-state index in [4.69, 9.17) is 24.5 Å². The highest BCUT2D eigenvalue weighted by Crippen LogP contribution is 2.13. The van der Waals surface area contributed by atoms with E-state index < -0.39 is 8.01 Å². The second kappa shape index (κ2) is 13.8. The minimum Gasteiger partial charge on any atom is -0.382 e. The number of ether oxygens (including phenoxy) is 4. The number of hydrogen-bond acceptors (Lipinski definition) is 5. The number of rotatable bonds is 13. The van der Waals surface area contributed by atoms with Crippen LogP contribution < -0.4 is 10.6 Å². The standard InChI is InChI=1S/C12H29N3O4P/c1-11(9-18-7-5-16-3)14-20(13)15-12(2)10-19-8-6-17-4/h11-12H,5-10H2,1-4H3,(H3,13,14,15)/q+1. The number of nitrogens with one attached hydrogen (secondary N) is 1. The fraction of sp³-hybridized carbons (Fsp3) is 1.00. The van der Waals surface area contributed by atoms with Gasteiger partial charge in [-0.05, 0) is 13.8 Å². The molecule has 0 aliphatic rings. The minimum atomic E-state index is -1.06. The molecule has 0 bridgehead atoms. The summed E-state index contributed by atoms with van der Waals surface area (Å²) in [5, 5.41) is 3.22. The quantitative estimate of drug-likeness (QED) is 0.392. The Morgan fingerprint density at radius 2 is 1.55 bits per heavy atom. The lowest BCUT2D eigenvalue weighted by atomic mass is 10.4. The summed E-state index contributed by atoms with van der Waals surface area (Å²) in [7, 11) is 2.25. The van der Waals surface area contributed by atoms with E-state index in [0.29, 0.717) is 39.6 Å². The molecule has 7 nitrogen and oxygen atoms in total. The maximum atomic E-state index is 5.96. The molecule has 0 aromatic carbocycles. The van der Waals surface area contributed by atoms with Crippen LogP contribution in [0.25, 0.3) is 0 Å². The highest BCUT2D eigenvalue weighted by atomic mass is 31.1. The van der Waals surface area contributed by atoms with Gasteiger partial charge in [-0.2, -0.15) is 0 Å². The highest BCUT2D eigenvalue weighted by molar-refractivity contribution is 7.42. The van der Waals surface area contributed by atoms with Crippen molar-refractivity contribution >= 4 is 8.01 Å². The summed E-state index contributed by atoms with van der Waals surface area (Å²) in [5.74, 6) is 0. The highest BCUT2D eigenvalue weighted by Gasteiger charge is 2.15. The fourth-order valence-corrected chi connectivity index (χ4v) is 2.42. The van der Waals surface area contributed by atoms with Crippen LogP contribution in [0, 0.1) is 0 Å². The van der Waals surface area contributed by atoms with Gasteiger partial charge in [0.2, 0.25) is 0 Å². The third-order valence-electron chi connectivity index (χ3n) is 2.26. The summed E-state index contributed by atoms with van der Waals surface area (Å²) >= 11 is 0. The van der Waals surface area contributed by atoms with Crippen molar-refractivity contribution in [3.8, 4) is 0 Å². The average Bonchev–Trinajstić information content (AvgIpc) is 2.39. The van der Waals surface area contributed by atoms with Gasteiger partial charge in [-0.25, -0.2) is 0 Å². The Balaban J connectivity index is 3.75. The van der Waals surface area contributed by atoms with Gasteiger partial charge in [-0.1, -0.05) is 4.74 Å². The van der Waals surface area contributed by atoms with Crippen LogP contribution in [0.15, 0.2) is 4.74 Å². The lowest BCUT2D eigenvalue weighted by molar-refractivity contribution is 0.0637. The molecule has 120 valence electrons. The van der Waals surface area contributed by atoms with Gasteiger partial charge in [0.05, 0.1) is 45.7 Å². The van der Waals surface area contributed by atoms with Crippen LogP contribution in [0.2, 0.25) is 0 Å². The number of nitrogens with two attached hydrogens (primary N) is 1. The zero-order valence-electron chi connectivity index (χ0n) is 13.0. The molecule has 0 aromatic rings. The van der Waals surface area contributed by atoms with E-state index in [1.54, 1.807) is 14.2 Å². The lowest BCUT2D eigenvalue weighted by Crippen LogP contribution is -2.27. The molecule has 3 atom stereocenters. The Bertz CT molecular complexity index is 257. The summed E-state index contributed by atoms with van der Waals surface area (Å²) in [6, 6.07) is 0.227. The van der Waals surface area contributed by atoms with E-state index in [-0.39, 0.29) is 12.1 Å². The van der Waals surface area contributed by atoms with Crippen LogP contribution in [-0.2, 0) is 18.9 Å². The Labute approximate surface area is 123 Å². The van der Waals surface area contributed by atoms with Crippen LogP contribution in [0.5, 0.6) is 0 Å². The number of nitrogens with zero attached hydrogens (tertiary/aromatic N) is 1. The first-order valence-corrected chi connectivity index (χ1v) is 8.11. The van der Waals surface area contributed by atoms with Crippen molar-refractivity contribution in [3.63, 3.8) is 0 Å². The van der Waals surface area contributed by atoms with Gasteiger partial charge >= 0.3 is 8.01 Å². The SMILES string of the molecule is COCCOCC(C)N=[P+](N)NC(C)COCCOC. The molecule has 3 unspecified atom stereocenters. The molecule has 0 spiro atoms. The molecule has 0 saturated carbocycles. The molecule has 0 radical (unpaired) electrons. The normalized spacial score (nSPS) is 15.3. The van der Waals surface area contributed by atoms with Crippen LogP contribution >= 0.6 is 8.01 Å². The summed E-state index contributed by atoms with van der Waals surface area (Å²) < 4.78 is 25.1. The first-order chi connectivity index (χ1) is 9.60. The Hall–Kier alpha value is -0.140. The Morgan fingerprint density at radius 1 is 1.00 bits per heavy atom. The van der Waals surface area contributed by atoms with Gasteiger partial charge in [-0.3, -0.25) is 0 Å². The molecule has 20 heavy (non-hydrogen) atoms. The van der Waals surface area contributed by atoms with Crippen LogP contribution in [-0.4, -0.2) is 65.9 Å². The van der Waals surface area contributed by atoms with Gasteiger partial charge in [0, 0.05) is 14.2 Å². The van der Waals surface area contributed by atoms with Gasteiger partial charge in [0.25, 0.3) is 0 Å². The predicted molar refractivity (Wildman–Crippen MR) is 81.0 cm³/mol. The van der Waals surface area contributed by atoms with Crippen molar-refractivity contribution in [1.29, 1.82) is 0 Å². The van der Waals surface area contributed by atoms with Crippen molar-refractivity contribution < 1.29 is 18.9 Å². The topological polar surface area (TPSA) is 87.3 Å². The van der Waals surface area contributed by atoms with E-state index in [2.05, 4.69) is 9.83 Å². The fourth-order valence-electron chi connectivity index (χ4n) is 1.34. The molecule has 0 aliphatic heterocycles.